The molecular weight excluding hydrogens is 133 g/mol. The van der Waals surface area contributed by atoms with Crippen molar-refractivity contribution < 1.29 is 4.52 Å². The van der Waals surface area contributed by atoms with Crippen molar-refractivity contribution in [2.45, 2.75) is 18.9 Å². The van der Waals surface area contributed by atoms with Gasteiger partial charge in [-0.2, -0.15) is 0 Å². The quantitative estimate of drug-likeness (QED) is 0.511. The molecule has 0 radical (unpaired) electrons. The molecule has 2 nitrogen and oxygen atoms in total. The fraction of sp³-hybridized carbons (Fsp3) is 1.00. The fourth-order valence-electron chi connectivity index (χ4n) is 1.12. The third kappa shape index (κ3) is 2.21. The van der Waals surface area contributed by atoms with Gasteiger partial charge in [0.05, 0.1) is 6.10 Å². The molecule has 1 aliphatic heterocycles. The van der Waals surface area contributed by atoms with E-state index in [2.05, 4.69) is 21.4 Å². The zero-order valence-corrected chi connectivity index (χ0v) is 6.99. The van der Waals surface area contributed by atoms with Gasteiger partial charge >= 0.3 is 0 Å². The fourth-order valence-corrected chi connectivity index (χ4v) is 1.39. The van der Waals surface area contributed by atoms with Crippen molar-refractivity contribution in [3.8, 4) is 0 Å². The Labute approximate surface area is 58.8 Å². The summed E-state index contributed by atoms with van der Waals surface area (Å²) in [5.74, 6) is 0. The van der Waals surface area contributed by atoms with Crippen LogP contribution in [0.1, 0.15) is 12.8 Å². The van der Waals surface area contributed by atoms with Gasteiger partial charge in [0.1, 0.15) is 0 Å². The molecule has 9 heavy (non-hydrogen) atoms. The number of rotatable bonds is 1. The Bertz CT molecular complexity index is 81.1. The molecule has 1 atom stereocenters. The maximum absolute atomic E-state index is 5.13. The van der Waals surface area contributed by atoms with Crippen LogP contribution in [0.2, 0.25) is 0 Å². The number of hydrogen-bond acceptors (Lipinski definition) is 2. The van der Waals surface area contributed by atoms with Crippen LogP contribution in [0.3, 0.4) is 0 Å². The minimum Gasteiger partial charge on any atom is -0.362 e. The summed E-state index contributed by atoms with van der Waals surface area (Å²) in [7, 11) is 4.49. The number of likely N-dealkylation sites (tertiary alicyclic amines) is 1. The Morgan fingerprint density at radius 1 is 1.44 bits per heavy atom. The van der Waals surface area contributed by atoms with Gasteiger partial charge in [-0.3, -0.25) is 0 Å². The van der Waals surface area contributed by atoms with Crippen LogP contribution in [-0.4, -0.2) is 31.1 Å². The lowest BCUT2D eigenvalue weighted by atomic mass is 10.1. The van der Waals surface area contributed by atoms with E-state index in [0.717, 1.165) is 0 Å². The zero-order chi connectivity index (χ0) is 6.69. The van der Waals surface area contributed by atoms with Gasteiger partial charge in [0, 0.05) is 22.6 Å². The summed E-state index contributed by atoms with van der Waals surface area (Å²) in [6.07, 6.45) is 2.85. The first-order chi connectivity index (χ1) is 4.33. The Kier molecular flexibility index (Phi) is 2.90. The Morgan fingerprint density at radius 3 is 2.44 bits per heavy atom. The molecule has 1 rings (SSSR count). The van der Waals surface area contributed by atoms with Gasteiger partial charge in [-0.15, -0.1) is 0 Å². The molecule has 54 valence electrons. The summed E-state index contributed by atoms with van der Waals surface area (Å²) in [6.45, 7) is 2.36. The topological polar surface area (TPSA) is 12.5 Å². The van der Waals surface area contributed by atoms with Gasteiger partial charge in [0.25, 0.3) is 0 Å². The summed E-state index contributed by atoms with van der Waals surface area (Å²) in [5, 5.41) is 0. The lowest BCUT2D eigenvalue weighted by molar-refractivity contribution is 0.133. The Balaban J connectivity index is 2.18. The van der Waals surface area contributed by atoms with E-state index in [9.17, 15) is 0 Å². The molecule has 1 heterocycles. The Hall–Kier alpha value is 0.350. The summed E-state index contributed by atoms with van der Waals surface area (Å²) in [5.41, 5.74) is 0. The predicted octanol–water partition coefficient (Wildman–Crippen LogP) is 0.887. The van der Waals surface area contributed by atoms with Gasteiger partial charge in [-0.1, -0.05) is 0 Å². The highest BCUT2D eigenvalue weighted by Crippen LogP contribution is 2.13. The SMILES string of the molecule is CN1CCC(OP)CC1. The second-order valence-corrected chi connectivity index (χ2v) is 2.91. The first-order valence-electron chi connectivity index (χ1n) is 3.37. The highest BCUT2D eigenvalue weighted by atomic mass is 31.0. The van der Waals surface area contributed by atoms with Gasteiger partial charge in [-0.05, 0) is 19.9 Å². The normalized spacial score (nSPS) is 24.7. The minimum absolute atomic E-state index is 0.492. The molecule has 0 aliphatic carbocycles. The average molecular weight is 147 g/mol. The van der Waals surface area contributed by atoms with Crippen LogP contribution in [0.15, 0.2) is 0 Å². The van der Waals surface area contributed by atoms with Crippen LogP contribution in [0.4, 0.5) is 0 Å². The van der Waals surface area contributed by atoms with Gasteiger partial charge in [0.15, 0.2) is 0 Å². The van der Waals surface area contributed by atoms with Crippen LogP contribution in [0.5, 0.6) is 0 Å². The van der Waals surface area contributed by atoms with Gasteiger partial charge in [-0.25, -0.2) is 0 Å². The molecule has 0 amide bonds. The Morgan fingerprint density at radius 2 is 2.00 bits per heavy atom. The number of piperidine rings is 1. The molecule has 0 N–H and O–H groups in total. The van der Waals surface area contributed by atoms with Crippen LogP contribution >= 0.6 is 9.47 Å². The highest BCUT2D eigenvalue weighted by molar-refractivity contribution is 7.09. The smallest absolute Gasteiger partial charge is 0.0635 e. The van der Waals surface area contributed by atoms with E-state index in [1.54, 1.807) is 0 Å². The lowest BCUT2D eigenvalue weighted by Gasteiger charge is -2.27. The highest BCUT2D eigenvalue weighted by Gasteiger charge is 2.14. The van der Waals surface area contributed by atoms with Crippen molar-refractivity contribution in [3.63, 3.8) is 0 Å². The lowest BCUT2D eigenvalue weighted by Crippen LogP contribution is -2.32. The summed E-state index contributed by atoms with van der Waals surface area (Å²) < 4.78 is 5.13. The average Bonchev–Trinajstić information content (AvgIpc) is 1.90. The molecule has 1 fully saturated rings. The van der Waals surface area contributed by atoms with E-state index < -0.39 is 0 Å². The van der Waals surface area contributed by atoms with Crippen molar-refractivity contribution in [3.05, 3.63) is 0 Å². The second kappa shape index (κ2) is 3.50. The standard InChI is InChI=1S/C6H14NOP/c1-7-4-2-6(8-9)3-5-7/h6H,2-5,9H2,1H3. The van der Waals surface area contributed by atoms with Gasteiger partial charge in [0.2, 0.25) is 0 Å². The number of nitrogens with zero attached hydrogens (tertiary/aromatic N) is 1. The number of hydrogen-bond donors (Lipinski definition) is 0. The molecule has 0 saturated carbocycles. The van der Waals surface area contributed by atoms with Gasteiger partial charge < -0.3 is 9.42 Å². The van der Waals surface area contributed by atoms with Crippen molar-refractivity contribution >= 4 is 9.47 Å². The predicted molar refractivity (Wildman–Crippen MR) is 41.3 cm³/mol. The molecule has 0 bridgehead atoms. The van der Waals surface area contributed by atoms with E-state index >= 15 is 0 Å². The monoisotopic (exact) mass is 147 g/mol. The largest absolute Gasteiger partial charge is 0.362 e. The molecular formula is C6H14NOP. The summed E-state index contributed by atoms with van der Waals surface area (Å²) in [6, 6.07) is 0. The zero-order valence-electron chi connectivity index (χ0n) is 5.84. The second-order valence-electron chi connectivity index (χ2n) is 2.64. The van der Waals surface area contributed by atoms with E-state index in [4.69, 9.17) is 4.52 Å². The third-order valence-electron chi connectivity index (χ3n) is 1.86. The van der Waals surface area contributed by atoms with Crippen LogP contribution in [0.25, 0.3) is 0 Å². The van der Waals surface area contributed by atoms with Crippen LogP contribution < -0.4 is 0 Å². The van der Waals surface area contributed by atoms with Crippen molar-refractivity contribution in [1.82, 2.24) is 4.90 Å². The summed E-state index contributed by atoms with van der Waals surface area (Å²) in [4.78, 5) is 2.33. The molecule has 0 aromatic rings. The van der Waals surface area contributed by atoms with Crippen LogP contribution in [0, 0.1) is 0 Å². The maximum atomic E-state index is 5.13. The van der Waals surface area contributed by atoms with Crippen LogP contribution in [-0.2, 0) is 4.52 Å². The molecule has 3 heteroatoms. The summed E-state index contributed by atoms with van der Waals surface area (Å²) >= 11 is 0. The molecule has 1 unspecified atom stereocenters. The van der Waals surface area contributed by atoms with E-state index in [1.807, 2.05) is 0 Å². The first-order valence-corrected chi connectivity index (χ1v) is 3.84. The molecule has 0 aromatic heterocycles. The van der Waals surface area contributed by atoms with E-state index in [0.29, 0.717) is 6.10 Å². The maximum Gasteiger partial charge on any atom is 0.0635 e. The molecule has 1 saturated heterocycles. The molecule has 0 aromatic carbocycles. The third-order valence-corrected chi connectivity index (χ3v) is 2.24. The first kappa shape index (κ1) is 7.46. The minimum atomic E-state index is 0.492. The molecule has 0 spiro atoms. The van der Waals surface area contributed by atoms with Crippen molar-refractivity contribution in [2.24, 2.45) is 0 Å². The van der Waals surface area contributed by atoms with Crippen molar-refractivity contribution in [2.75, 3.05) is 20.1 Å². The molecule has 1 aliphatic rings. The van der Waals surface area contributed by atoms with Crippen molar-refractivity contribution in [1.29, 1.82) is 0 Å². The van der Waals surface area contributed by atoms with E-state index in [1.165, 1.54) is 25.9 Å². The van der Waals surface area contributed by atoms with E-state index in [-0.39, 0.29) is 0 Å².